The summed E-state index contributed by atoms with van der Waals surface area (Å²) in [5.41, 5.74) is 1.99. The molecule has 3 N–H and O–H groups in total. The minimum absolute atomic E-state index is 0.00463. The molecule has 1 heterocycles. The number of carbonyl (C=O) groups excluding carboxylic acids is 1. The van der Waals surface area contributed by atoms with Gasteiger partial charge in [-0.05, 0) is 133 Å². The van der Waals surface area contributed by atoms with Crippen LogP contribution in [0.4, 0.5) is 4.79 Å². The van der Waals surface area contributed by atoms with Crippen molar-refractivity contribution < 1.29 is 28.2 Å². The van der Waals surface area contributed by atoms with Gasteiger partial charge in [-0.25, -0.2) is 17.9 Å². The van der Waals surface area contributed by atoms with Gasteiger partial charge in [-0.3, -0.25) is 4.98 Å². The maximum atomic E-state index is 12.8. The molecular formula is C35H48N2O6S. The van der Waals surface area contributed by atoms with E-state index in [2.05, 4.69) is 30.5 Å². The molecule has 0 unspecified atom stereocenters. The number of amides is 1. The number of hydrogen-bond donors (Lipinski definition) is 3. The van der Waals surface area contributed by atoms with E-state index in [1.807, 2.05) is 12.1 Å². The van der Waals surface area contributed by atoms with Crippen LogP contribution in [0.5, 0.6) is 0 Å². The number of fused-ring (bicyclic) bond motifs is 5. The SMILES string of the molecule is CC[C@H]1[C@@H](O)[C@@H]2[C@H](CC[C@]3(C)[C@@H](CCOC(=O)NS(=O)(=O)c4ccc(-c5ccncc5)cc4)CC[C@@H]23)[C@@]2(C)CC[C@@H](O)C[C@@H]12. The van der Waals surface area contributed by atoms with Crippen molar-refractivity contribution in [3.8, 4) is 11.1 Å². The van der Waals surface area contributed by atoms with Gasteiger partial charge in [0, 0.05) is 12.4 Å². The summed E-state index contributed by atoms with van der Waals surface area (Å²) in [6.45, 7) is 7.16. The maximum absolute atomic E-state index is 12.8. The van der Waals surface area contributed by atoms with Crippen LogP contribution >= 0.6 is 0 Å². The highest BCUT2D eigenvalue weighted by Gasteiger charge is 2.64. The summed E-state index contributed by atoms with van der Waals surface area (Å²) in [6.07, 6.45) is 10.4. The molecule has 1 aromatic heterocycles. The number of nitrogens with zero attached hydrogens (tertiary/aromatic N) is 1. The van der Waals surface area contributed by atoms with Crippen molar-refractivity contribution in [3.05, 3.63) is 48.8 Å². The zero-order valence-electron chi connectivity index (χ0n) is 26.2. The number of pyridine rings is 1. The van der Waals surface area contributed by atoms with E-state index in [-0.39, 0.29) is 46.4 Å². The Kier molecular flexibility index (Phi) is 8.61. The fourth-order valence-corrected chi connectivity index (χ4v) is 11.3. The molecule has 44 heavy (non-hydrogen) atoms. The molecule has 0 aliphatic heterocycles. The van der Waals surface area contributed by atoms with Crippen LogP contribution in [0, 0.1) is 46.3 Å². The lowest BCUT2D eigenvalue weighted by Crippen LogP contribution is -2.62. The number of aliphatic hydroxyl groups excluding tert-OH is 2. The first-order valence-electron chi connectivity index (χ1n) is 16.5. The van der Waals surface area contributed by atoms with Crippen molar-refractivity contribution in [2.24, 2.45) is 46.3 Å². The fourth-order valence-electron chi connectivity index (χ4n) is 10.4. The highest BCUT2D eigenvalue weighted by atomic mass is 32.2. The monoisotopic (exact) mass is 624 g/mol. The van der Waals surface area contributed by atoms with Crippen LogP contribution in [-0.4, -0.2) is 48.5 Å². The molecule has 2 aromatic rings. The molecule has 10 atom stereocenters. The van der Waals surface area contributed by atoms with E-state index >= 15 is 0 Å². The number of ether oxygens (including phenoxy) is 1. The van der Waals surface area contributed by atoms with Crippen LogP contribution in [0.15, 0.2) is 53.7 Å². The Balaban J connectivity index is 1.07. The Labute approximate surface area is 262 Å². The number of aliphatic hydroxyl groups is 2. The van der Waals surface area contributed by atoms with Gasteiger partial charge in [0.2, 0.25) is 0 Å². The standard InChI is InChI=1S/C35H48N2O6S/c1-4-27-30-21-25(38)11-16-35(30,3)29-12-17-34(2)24(7-10-28(34)31(29)32(27)39)15-20-43-33(40)37-44(41,42)26-8-5-22(6-9-26)23-13-18-36-19-14-23/h5-6,8-9,13-14,18-19,24-25,27-32,38-39H,4,7,10-12,15-17,20-21H2,1-3H3,(H,37,40)/t24-,25-,27-,28+,29+,30+,31+,32-,34-,35-/m1/s1. The van der Waals surface area contributed by atoms with Crippen molar-refractivity contribution in [3.63, 3.8) is 0 Å². The molecular weight excluding hydrogens is 576 g/mol. The number of sulfonamides is 1. The third kappa shape index (κ3) is 5.47. The molecule has 9 heteroatoms. The fraction of sp³-hybridized carbons (Fsp3) is 0.657. The minimum atomic E-state index is -4.07. The molecule has 8 nitrogen and oxygen atoms in total. The first-order chi connectivity index (χ1) is 21.0. The van der Waals surface area contributed by atoms with Crippen molar-refractivity contribution in [2.45, 2.75) is 95.7 Å². The average molecular weight is 625 g/mol. The molecule has 4 fully saturated rings. The lowest BCUT2D eigenvalue weighted by atomic mass is 9.41. The van der Waals surface area contributed by atoms with Crippen LogP contribution in [0.3, 0.4) is 0 Å². The second kappa shape index (κ2) is 12.0. The minimum Gasteiger partial charge on any atom is -0.449 e. The molecule has 0 bridgehead atoms. The first-order valence-corrected chi connectivity index (χ1v) is 18.0. The number of rotatable bonds is 7. The highest BCUT2D eigenvalue weighted by molar-refractivity contribution is 7.90. The van der Waals surface area contributed by atoms with Crippen molar-refractivity contribution in [1.29, 1.82) is 0 Å². The van der Waals surface area contributed by atoms with E-state index in [9.17, 15) is 23.4 Å². The van der Waals surface area contributed by atoms with Gasteiger partial charge in [-0.15, -0.1) is 0 Å². The van der Waals surface area contributed by atoms with E-state index in [4.69, 9.17) is 4.74 Å². The third-order valence-electron chi connectivity index (χ3n) is 12.7. The largest absolute Gasteiger partial charge is 0.449 e. The Bertz CT molecular complexity index is 1430. The normalized spacial score (nSPS) is 38.2. The Hall–Kier alpha value is -2.49. The molecule has 4 aliphatic carbocycles. The van der Waals surface area contributed by atoms with E-state index < -0.39 is 16.1 Å². The summed E-state index contributed by atoms with van der Waals surface area (Å²) in [6, 6.07) is 10.0. The van der Waals surface area contributed by atoms with Crippen LogP contribution in [0.25, 0.3) is 11.1 Å². The molecule has 4 aliphatic rings. The number of benzene rings is 1. The lowest BCUT2D eigenvalue weighted by Gasteiger charge is -2.64. The van der Waals surface area contributed by atoms with Gasteiger partial charge in [-0.2, -0.15) is 0 Å². The van der Waals surface area contributed by atoms with Crippen molar-refractivity contribution >= 4 is 16.1 Å². The molecule has 4 saturated carbocycles. The van der Waals surface area contributed by atoms with Gasteiger partial charge < -0.3 is 14.9 Å². The summed E-state index contributed by atoms with van der Waals surface area (Å²) in [4.78, 5) is 16.6. The molecule has 1 aromatic carbocycles. The summed E-state index contributed by atoms with van der Waals surface area (Å²) >= 11 is 0. The topological polar surface area (TPSA) is 126 Å². The van der Waals surface area contributed by atoms with Gasteiger partial charge in [0.1, 0.15) is 0 Å². The Morgan fingerprint density at radius 2 is 1.59 bits per heavy atom. The molecule has 0 saturated heterocycles. The van der Waals surface area contributed by atoms with Crippen LogP contribution in [-0.2, 0) is 14.8 Å². The van der Waals surface area contributed by atoms with E-state index in [1.165, 1.54) is 12.1 Å². The third-order valence-corrected chi connectivity index (χ3v) is 14.0. The molecule has 6 rings (SSSR count). The number of nitrogens with one attached hydrogen (secondary N) is 1. The van der Waals surface area contributed by atoms with Gasteiger partial charge in [0.15, 0.2) is 0 Å². The molecule has 240 valence electrons. The van der Waals surface area contributed by atoms with Gasteiger partial charge >= 0.3 is 6.09 Å². The van der Waals surface area contributed by atoms with Crippen molar-refractivity contribution in [2.75, 3.05) is 6.61 Å². The zero-order chi connectivity index (χ0) is 31.3. The maximum Gasteiger partial charge on any atom is 0.421 e. The quantitative estimate of drug-likeness (QED) is 0.336. The Morgan fingerprint density at radius 1 is 0.932 bits per heavy atom. The summed E-state index contributed by atoms with van der Waals surface area (Å²) in [7, 11) is -4.07. The van der Waals surface area contributed by atoms with Gasteiger partial charge in [0.25, 0.3) is 10.0 Å². The van der Waals surface area contributed by atoms with E-state index in [0.29, 0.717) is 30.1 Å². The summed E-state index contributed by atoms with van der Waals surface area (Å²) in [5.74, 6) is 2.10. The number of carbonyl (C=O) groups is 1. The summed E-state index contributed by atoms with van der Waals surface area (Å²) < 4.78 is 33.2. The first kappa shape index (κ1) is 31.5. The lowest BCUT2D eigenvalue weighted by molar-refractivity contribution is -0.202. The second-order valence-electron chi connectivity index (χ2n) is 14.5. The van der Waals surface area contributed by atoms with E-state index in [1.54, 1.807) is 24.5 Å². The van der Waals surface area contributed by atoms with Crippen LogP contribution in [0.2, 0.25) is 0 Å². The highest BCUT2D eigenvalue weighted by Crippen LogP contribution is 2.69. The van der Waals surface area contributed by atoms with Crippen LogP contribution in [0.1, 0.15) is 78.6 Å². The molecule has 0 radical (unpaired) electrons. The zero-order valence-corrected chi connectivity index (χ0v) is 27.0. The molecule has 1 amide bonds. The average Bonchev–Trinajstić information content (AvgIpc) is 3.34. The summed E-state index contributed by atoms with van der Waals surface area (Å²) in [5, 5.41) is 22.4. The predicted octanol–water partition coefficient (Wildman–Crippen LogP) is 6.18. The number of hydrogen-bond acceptors (Lipinski definition) is 7. The Morgan fingerprint density at radius 3 is 2.30 bits per heavy atom. The number of aromatic nitrogens is 1. The second-order valence-corrected chi connectivity index (χ2v) is 16.2. The van der Waals surface area contributed by atoms with E-state index in [0.717, 1.165) is 62.5 Å². The predicted molar refractivity (Wildman–Crippen MR) is 168 cm³/mol. The van der Waals surface area contributed by atoms with Gasteiger partial charge in [-0.1, -0.05) is 39.3 Å². The molecule has 0 spiro atoms. The smallest absolute Gasteiger partial charge is 0.421 e. The van der Waals surface area contributed by atoms with Crippen molar-refractivity contribution in [1.82, 2.24) is 9.71 Å². The van der Waals surface area contributed by atoms with Crippen LogP contribution < -0.4 is 4.72 Å². The van der Waals surface area contributed by atoms with Gasteiger partial charge in [0.05, 0.1) is 23.7 Å².